The van der Waals surface area contributed by atoms with Gasteiger partial charge in [0.1, 0.15) is 4.90 Å². The molecule has 0 atom stereocenters. The summed E-state index contributed by atoms with van der Waals surface area (Å²) in [6.45, 7) is 1.75. The number of hydrogen-bond acceptors (Lipinski definition) is 4. The molecule has 32 heavy (non-hydrogen) atoms. The van der Waals surface area contributed by atoms with Gasteiger partial charge in [-0.3, -0.25) is 9.35 Å². The van der Waals surface area contributed by atoms with Crippen LogP contribution in [-0.4, -0.2) is 25.1 Å². The number of halogens is 3. The molecule has 0 aliphatic heterocycles. The van der Waals surface area contributed by atoms with E-state index in [4.69, 9.17) is 0 Å². The Morgan fingerprint density at radius 1 is 1.00 bits per heavy atom. The highest BCUT2D eigenvalue weighted by molar-refractivity contribution is 7.86. The highest BCUT2D eigenvalue weighted by Crippen LogP contribution is 2.36. The minimum Gasteiger partial charge on any atom is -0.282 e. The summed E-state index contributed by atoms with van der Waals surface area (Å²) in [5.74, 6) is -0.491. The van der Waals surface area contributed by atoms with Crippen LogP contribution in [0, 0.1) is 6.92 Å². The maximum absolute atomic E-state index is 13.2. The lowest BCUT2D eigenvalue weighted by molar-refractivity contribution is -0.137. The summed E-state index contributed by atoms with van der Waals surface area (Å²) in [5.41, 5.74) is 2.31. The van der Waals surface area contributed by atoms with Crippen LogP contribution in [0.2, 0.25) is 0 Å². The van der Waals surface area contributed by atoms with E-state index in [2.05, 4.69) is 10.5 Å². The number of hydrogen-bond donors (Lipinski definition) is 2. The van der Waals surface area contributed by atoms with Gasteiger partial charge in [0.15, 0.2) is 0 Å². The molecule has 0 heterocycles. The Bertz CT molecular complexity index is 1300. The molecule has 0 bridgehead atoms. The predicted octanol–water partition coefficient (Wildman–Crippen LogP) is 4.69. The number of alkyl halides is 3. The van der Waals surface area contributed by atoms with Crippen molar-refractivity contribution >= 4 is 22.2 Å². The minimum atomic E-state index is -4.82. The Kier molecular flexibility index (Phi) is 6.47. The molecule has 166 valence electrons. The van der Waals surface area contributed by atoms with Crippen molar-refractivity contribution in [3.05, 3.63) is 89.0 Å². The lowest BCUT2D eigenvalue weighted by Gasteiger charge is -2.14. The summed E-state index contributed by atoms with van der Waals surface area (Å²) < 4.78 is 72.7. The van der Waals surface area contributed by atoms with Crippen molar-refractivity contribution in [1.82, 2.24) is 5.43 Å². The number of aryl methyl sites for hydroxylation is 1. The van der Waals surface area contributed by atoms with Crippen molar-refractivity contribution in [2.24, 2.45) is 5.10 Å². The number of carbonyl (C=O) groups is 1. The summed E-state index contributed by atoms with van der Waals surface area (Å²) in [6, 6.07) is 14.6. The largest absolute Gasteiger partial charge is 0.416 e. The zero-order valence-corrected chi connectivity index (χ0v) is 17.4. The molecule has 0 saturated heterocycles. The van der Waals surface area contributed by atoms with Gasteiger partial charge in [0.05, 0.1) is 11.8 Å². The van der Waals surface area contributed by atoms with Crippen LogP contribution in [0.4, 0.5) is 13.2 Å². The molecule has 6 nitrogen and oxygen atoms in total. The molecule has 0 radical (unpaired) electrons. The van der Waals surface area contributed by atoms with Gasteiger partial charge in [0.2, 0.25) is 0 Å². The summed E-state index contributed by atoms with van der Waals surface area (Å²) >= 11 is 0. The fourth-order valence-electron chi connectivity index (χ4n) is 3.04. The normalized spacial score (nSPS) is 12.2. The van der Waals surface area contributed by atoms with E-state index >= 15 is 0 Å². The number of amides is 1. The van der Waals surface area contributed by atoms with Crippen molar-refractivity contribution in [3.63, 3.8) is 0 Å². The number of rotatable bonds is 5. The van der Waals surface area contributed by atoms with Crippen LogP contribution in [0.1, 0.15) is 27.0 Å². The average Bonchev–Trinajstić information content (AvgIpc) is 2.72. The summed E-state index contributed by atoms with van der Waals surface area (Å²) in [5, 5.41) is 3.85. The van der Waals surface area contributed by atoms with E-state index in [9.17, 15) is 30.9 Å². The van der Waals surface area contributed by atoms with E-state index in [1.165, 1.54) is 24.4 Å². The Morgan fingerprint density at radius 2 is 1.66 bits per heavy atom. The molecule has 0 saturated carbocycles. The Labute approximate surface area is 182 Å². The van der Waals surface area contributed by atoms with Gasteiger partial charge in [-0.15, -0.1) is 0 Å². The molecule has 3 aromatic rings. The average molecular weight is 462 g/mol. The maximum Gasteiger partial charge on any atom is 0.416 e. The van der Waals surface area contributed by atoms with Gasteiger partial charge in [-0.2, -0.15) is 26.7 Å². The standard InChI is InChI=1S/C22H17F3N2O4S/c1-14-6-2-4-8-17(14)21(28)27-26-13-15-7-3-5-9-18(15)19-12-16(22(23,24)25)10-11-20(19)32(29,30)31/h2-13H,1H3,(H,27,28)(H,29,30,31)/b26-13-. The number of nitrogens with zero attached hydrogens (tertiary/aromatic N) is 1. The van der Waals surface area contributed by atoms with Gasteiger partial charge in [-0.05, 0) is 42.3 Å². The smallest absolute Gasteiger partial charge is 0.282 e. The SMILES string of the molecule is Cc1ccccc1C(=O)N/N=C\c1ccccc1-c1cc(C(F)(F)F)ccc1S(=O)(=O)O. The second-order valence-corrected chi connectivity index (χ2v) is 8.18. The zero-order chi connectivity index (χ0) is 23.5. The van der Waals surface area contributed by atoms with Gasteiger partial charge >= 0.3 is 6.18 Å². The van der Waals surface area contributed by atoms with Crippen LogP contribution in [0.15, 0.2) is 76.7 Å². The van der Waals surface area contributed by atoms with E-state index in [1.54, 1.807) is 37.3 Å². The Balaban J connectivity index is 2.02. The van der Waals surface area contributed by atoms with E-state index in [0.717, 1.165) is 5.56 Å². The lowest BCUT2D eigenvalue weighted by atomic mass is 9.98. The van der Waals surface area contributed by atoms with Crippen molar-refractivity contribution in [2.75, 3.05) is 0 Å². The molecule has 0 spiro atoms. The highest BCUT2D eigenvalue weighted by atomic mass is 32.2. The van der Waals surface area contributed by atoms with E-state index in [0.29, 0.717) is 23.8 Å². The van der Waals surface area contributed by atoms with Crippen LogP contribution >= 0.6 is 0 Å². The molecular weight excluding hydrogens is 445 g/mol. The molecule has 0 unspecified atom stereocenters. The highest BCUT2D eigenvalue weighted by Gasteiger charge is 2.32. The molecule has 0 aliphatic carbocycles. The third kappa shape index (κ3) is 5.21. The third-order valence-corrected chi connectivity index (χ3v) is 5.51. The summed E-state index contributed by atoms with van der Waals surface area (Å²) in [6.07, 6.45) is -3.55. The van der Waals surface area contributed by atoms with Crippen molar-refractivity contribution in [2.45, 2.75) is 18.0 Å². The third-order valence-electron chi connectivity index (χ3n) is 4.60. The number of benzene rings is 3. The molecule has 0 fully saturated rings. The van der Waals surface area contributed by atoms with Crippen LogP contribution in [-0.2, 0) is 16.3 Å². The number of carbonyl (C=O) groups excluding carboxylic acids is 1. The summed E-state index contributed by atoms with van der Waals surface area (Å²) in [4.78, 5) is 11.6. The topological polar surface area (TPSA) is 95.8 Å². The zero-order valence-electron chi connectivity index (χ0n) is 16.6. The van der Waals surface area contributed by atoms with Gasteiger partial charge in [-0.25, -0.2) is 5.43 Å². The van der Waals surface area contributed by atoms with Crippen molar-refractivity contribution in [1.29, 1.82) is 0 Å². The van der Waals surface area contributed by atoms with Gasteiger partial charge in [0.25, 0.3) is 16.0 Å². The Hall–Kier alpha value is -3.50. The lowest BCUT2D eigenvalue weighted by Crippen LogP contribution is -2.18. The second-order valence-electron chi connectivity index (χ2n) is 6.79. The Morgan fingerprint density at radius 3 is 2.31 bits per heavy atom. The van der Waals surface area contributed by atoms with E-state index in [1.807, 2.05) is 0 Å². The fraction of sp³-hybridized carbons (Fsp3) is 0.0909. The molecular formula is C22H17F3N2O4S. The van der Waals surface area contributed by atoms with Crippen LogP contribution in [0.3, 0.4) is 0 Å². The maximum atomic E-state index is 13.2. The first-order valence-electron chi connectivity index (χ1n) is 9.15. The predicted molar refractivity (Wildman–Crippen MR) is 113 cm³/mol. The summed E-state index contributed by atoms with van der Waals surface area (Å²) in [7, 11) is -4.82. The monoisotopic (exact) mass is 462 g/mol. The van der Waals surface area contributed by atoms with Crippen molar-refractivity contribution < 1.29 is 30.9 Å². The quantitative estimate of drug-likeness (QED) is 0.327. The van der Waals surface area contributed by atoms with Gasteiger partial charge in [-0.1, -0.05) is 42.5 Å². The van der Waals surface area contributed by atoms with Crippen molar-refractivity contribution in [3.8, 4) is 11.1 Å². The molecule has 0 aliphatic rings. The first-order valence-corrected chi connectivity index (χ1v) is 10.6. The van der Waals surface area contributed by atoms with Gasteiger partial charge in [0, 0.05) is 16.7 Å². The number of nitrogens with one attached hydrogen (secondary N) is 1. The second kappa shape index (κ2) is 8.93. The van der Waals surface area contributed by atoms with Crippen LogP contribution in [0.25, 0.3) is 11.1 Å². The molecule has 0 aromatic heterocycles. The number of hydrazone groups is 1. The molecule has 1 amide bonds. The molecule has 10 heteroatoms. The van der Waals surface area contributed by atoms with E-state index in [-0.39, 0.29) is 16.7 Å². The van der Waals surface area contributed by atoms with E-state index < -0.39 is 32.7 Å². The van der Waals surface area contributed by atoms with Crippen LogP contribution in [0.5, 0.6) is 0 Å². The minimum absolute atomic E-state index is 0.0696. The molecule has 3 rings (SSSR count). The molecule has 2 N–H and O–H groups in total. The van der Waals surface area contributed by atoms with Crippen LogP contribution < -0.4 is 5.43 Å². The first kappa shape index (κ1) is 23.2. The first-order chi connectivity index (χ1) is 15.0. The molecule has 3 aromatic carbocycles. The fourth-order valence-corrected chi connectivity index (χ4v) is 3.73. The van der Waals surface area contributed by atoms with Gasteiger partial charge < -0.3 is 0 Å².